The minimum absolute atomic E-state index is 0.187. The molecule has 0 aliphatic carbocycles. The van der Waals surface area contributed by atoms with E-state index in [1.165, 1.54) is 12.1 Å². The van der Waals surface area contributed by atoms with Crippen LogP contribution < -0.4 is 5.32 Å². The van der Waals surface area contributed by atoms with E-state index in [0.717, 1.165) is 16.6 Å². The summed E-state index contributed by atoms with van der Waals surface area (Å²) in [6.45, 7) is 0. The molecular formula is C17H13FN6O. The molecule has 0 unspecified atom stereocenters. The van der Waals surface area contributed by atoms with Crippen LogP contribution in [0.15, 0.2) is 48.8 Å². The molecule has 0 atom stereocenters. The first-order chi connectivity index (χ1) is 12.2. The maximum Gasteiger partial charge on any atom is 0.258 e. The average molecular weight is 336 g/mol. The van der Waals surface area contributed by atoms with Crippen molar-refractivity contribution in [1.29, 1.82) is 0 Å². The van der Waals surface area contributed by atoms with E-state index in [1.54, 1.807) is 36.7 Å². The molecule has 0 saturated heterocycles. The van der Waals surface area contributed by atoms with E-state index in [0.29, 0.717) is 17.8 Å². The predicted molar refractivity (Wildman–Crippen MR) is 89.6 cm³/mol. The number of hydrogen-bond acceptors (Lipinski definition) is 4. The van der Waals surface area contributed by atoms with Crippen molar-refractivity contribution < 1.29 is 9.18 Å². The van der Waals surface area contributed by atoms with Gasteiger partial charge >= 0.3 is 0 Å². The topological polar surface area (TPSA) is 99.3 Å². The second-order valence-electron chi connectivity index (χ2n) is 5.50. The van der Waals surface area contributed by atoms with Gasteiger partial charge in [0.1, 0.15) is 11.6 Å². The zero-order valence-electron chi connectivity index (χ0n) is 13.0. The summed E-state index contributed by atoms with van der Waals surface area (Å²) in [5.74, 6) is 0.157. The fourth-order valence-electron chi connectivity index (χ4n) is 2.48. The predicted octanol–water partition coefficient (Wildman–Crippen LogP) is 2.66. The lowest BCUT2D eigenvalue weighted by atomic mass is 10.1. The Hall–Kier alpha value is -3.55. The van der Waals surface area contributed by atoms with Gasteiger partial charge in [-0.2, -0.15) is 4.98 Å². The van der Waals surface area contributed by atoms with Crippen LogP contribution in [0.2, 0.25) is 0 Å². The number of nitrogens with one attached hydrogen (secondary N) is 3. The Morgan fingerprint density at radius 3 is 2.84 bits per heavy atom. The van der Waals surface area contributed by atoms with E-state index in [1.807, 2.05) is 0 Å². The maximum absolute atomic E-state index is 12.9. The first kappa shape index (κ1) is 15.0. The van der Waals surface area contributed by atoms with Gasteiger partial charge in [-0.15, -0.1) is 5.10 Å². The molecule has 2 heterocycles. The van der Waals surface area contributed by atoms with Crippen LogP contribution >= 0.6 is 0 Å². The van der Waals surface area contributed by atoms with Gasteiger partial charge in [0.2, 0.25) is 5.95 Å². The molecule has 1 amide bonds. The SMILES string of the molecule is O=C(Nc1n[nH]c(Cc2ccc(F)cc2)n1)c1ccc2nc[nH]c2c1. The molecule has 0 aliphatic heterocycles. The number of carbonyl (C=O) groups excluding carboxylic acids is 1. The summed E-state index contributed by atoms with van der Waals surface area (Å²) in [5, 5.41) is 9.39. The van der Waals surface area contributed by atoms with Gasteiger partial charge in [0.15, 0.2) is 0 Å². The summed E-state index contributed by atoms with van der Waals surface area (Å²) in [7, 11) is 0. The summed E-state index contributed by atoms with van der Waals surface area (Å²) >= 11 is 0. The fourth-order valence-corrected chi connectivity index (χ4v) is 2.48. The molecule has 4 rings (SSSR count). The molecule has 8 heteroatoms. The highest BCUT2D eigenvalue weighted by atomic mass is 19.1. The Kier molecular flexibility index (Phi) is 3.70. The van der Waals surface area contributed by atoms with Crippen LogP contribution in [0.5, 0.6) is 0 Å². The number of amides is 1. The van der Waals surface area contributed by atoms with Crippen molar-refractivity contribution in [3.05, 3.63) is 71.6 Å². The quantitative estimate of drug-likeness (QED) is 0.533. The number of H-pyrrole nitrogens is 2. The van der Waals surface area contributed by atoms with Crippen molar-refractivity contribution in [2.45, 2.75) is 6.42 Å². The second-order valence-corrected chi connectivity index (χ2v) is 5.50. The molecule has 25 heavy (non-hydrogen) atoms. The number of aromatic amines is 2. The average Bonchev–Trinajstić information content (AvgIpc) is 3.25. The standard InChI is InChI=1S/C17H13FN6O/c18-12-4-1-10(2-5-12)7-15-21-17(24-23-15)22-16(25)11-3-6-13-14(8-11)20-9-19-13/h1-6,8-9H,7H2,(H,19,20)(H2,21,22,23,24,25). The molecule has 3 N–H and O–H groups in total. The third-order valence-corrected chi connectivity index (χ3v) is 3.72. The van der Waals surface area contributed by atoms with Crippen molar-refractivity contribution in [1.82, 2.24) is 25.1 Å². The third kappa shape index (κ3) is 3.23. The van der Waals surface area contributed by atoms with Gasteiger partial charge in [0.05, 0.1) is 17.4 Å². The van der Waals surface area contributed by atoms with Crippen LogP contribution in [0.25, 0.3) is 11.0 Å². The Labute approximate surface area is 141 Å². The first-order valence-corrected chi connectivity index (χ1v) is 7.57. The molecule has 0 saturated carbocycles. The normalized spacial score (nSPS) is 10.9. The van der Waals surface area contributed by atoms with Gasteiger partial charge in [-0.25, -0.2) is 9.37 Å². The number of fused-ring (bicyclic) bond motifs is 1. The smallest absolute Gasteiger partial charge is 0.258 e. The summed E-state index contributed by atoms with van der Waals surface area (Å²) in [4.78, 5) is 23.6. The highest BCUT2D eigenvalue weighted by Crippen LogP contribution is 2.13. The van der Waals surface area contributed by atoms with Crippen LogP contribution in [-0.4, -0.2) is 31.1 Å². The largest absolute Gasteiger partial charge is 0.345 e. The lowest BCUT2D eigenvalue weighted by Gasteiger charge is -2.01. The van der Waals surface area contributed by atoms with E-state index < -0.39 is 0 Å². The number of carbonyl (C=O) groups is 1. The van der Waals surface area contributed by atoms with Crippen LogP contribution in [0, 0.1) is 5.82 Å². The lowest BCUT2D eigenvalue weighted by molar-refractivity contribution is 0.102. The molecule has 2 aromatic heterocycles. The molecule has 7 nitrogen and oxygen atoms in total. The van der Waals surface area contributed by atoms with Crippen molar-refractivity contribution in [2.24, 2.45) is 0 Å². The summed E-state index contributed by atoms with van der Waals surface area (Å²) < 4.78 is 12.9. The molecule has 0 radical (unpaired) electrons. The van der Waals surface area contributed by atoms with E-state index in [9.17, 15) is 9.18 Å². The summed E-state index contributed by atoms with van der Waals surface area (Å²) in [6, 6.07) is 11.3. The summed E-state index contributed by atoms with van der Waals surface area (Å²) in [6.07, 6.45) is 2.03. The first-order valence-electron chi connectivity index (χ1n) is 7.57. The number of aromatic nitrogens is 5. The molecule has 0 fully saturated rings. The number of halogens is 1. The van der Waals surface area contributed by atoms with Gasteiger partial charge in [0, 0.05) is 12.0 Å². The fraction of sp³-hybridized carbons (Fsp3) is 0.0588. The molecule has 0 spiro atoms. The van der Waals surface area contributed by atoms with Crippen LogP contribution in [-0.2, 0) is 6.42 Å². The monoisotopic (exact) mass is 336 g/mol. The van der Waals surface area contributed by atoms with Gasteiger partial charge in [0.25, 0.3) is 5.91 Å². The van der Waals surface area contributed by atoms with Crippen molar-refractivity contribution in [3.63, 3.8) is 0 Å². The number of benzene rings is 2. The number of hydrogen-bond donors (Lipinski definition) is 3. The molecule has 2 aromatic carbocycles. The Morgan fingerprint density at radius 2 is 2.00 bits per heavy atom. The Balaban J connectivity index is 1.46. The molecule has 0 bridgehead atoms. The third-order valence-electron chi connectivity index (χ3n) is 3.72. The molecule has 0 aliphatic rings. The minimum Gasteiger partial charge on any atom is -0.345 e. The highest BCUT2D eigenvalue weighted by Gasteiger charge is 2.11. The van der Waals surface area contributed by atoms with Crippen molar-refractivity contribution >= 4 is 22.9 Å². The number of anilines is 1. The molecule has 4 aromatic rings. The lowest BCUT2D eigenvalue weighted by Crippen LogP contribution is -2.13. The van der Waals surface area contributed by atoms with E-state index in [2.05, 4.69) is 30.5 Å². The van der Waals surface area contributed by atoms with E-state index >= 15 is 0 Å². The Bertz CT molecular complexity index is 1040. The highest BCUT2D eigenvalue weighted by molar-refractivity contribution is 6.05. The number of nitrogens with zero attached hydrogens (tertiary/aromatic N) is 3. The van der Waals surface area contributed by atoms with E-state index in [4.69, 9.17) is 0 Å². The minimum atomic E-state index is -0.316. The maximum atomic E-state index is 12.9. The van der Waals surface area contributed by atoms with Gasteiger partial charge in [-0.05, 0) is 35.9 Å². The summed E-state index contributed by atoms with van der Waals surface area (Å²) in [5.41, 5.74) is 2.93. The van der Waals surface area contributed by atoms with Crippen LogP contribution in [0.1, 0.15) is 21.7 Å². The van der Waals surface area contributed by atoms with Gasteiger partial charge in [-0.3, -0.25) is 15.2 Å². The molecule has 124 valence electrons. The zero-order valence-corrected chi connectivity index (χ0v) is 13.0. The van der Waals surface area contributed by atoms with Crippen molar-refractivity contribution in [3.8, 4) is 0 Å². The number of rotatable bonds is 4. The van der Waals surface area contributed by atoms with Crippen molar-refractivity contribution in [2.75, 3.05) is 5.32 Å². The van der Waals surface area contributed by atoms with Gasteiger partial charge in [-0.1, -0.05) is 12.1 Å². The van der Waals surface area contributed by atoms with E-state index in [-0.39, 0.29) is 17.7 Å². The van der Waals surface area contributed by atoms with Crippen LogP contribution in [0.4, 0.5) is 10.3 Å². The Morgan fingerprint density at radius 1 is 1.16 bits per heavy atom. The zero-order chi connectivity index (χ0) is 17.2. The molecular weight excluding hydrogens is 323 g/mol. The van der Waals surface area contributed by atoms with Gasteiger partial charge < -0.3 is 4.98 Å². The number of imidazole rings is 1. The van der Waals surface area contributed by atoms with Crippen LogP contribution in [0.3, 0.4) is 0 Å². The second kappa shape index (κ2) is 6.16.